The fourth-order valence-electron chi connectivity index (χ4n) is 4.30. The zero-order valence-corrected chi connectivity index (χ0v) is 23.9. The lowest BCUT2D eigenvalue weighted by molar-refractivity contribution is -0.150. The zero-order chi connectivity index (χ0) is 29.8. The first-order chi connectivity index (χ1) is 20.3. The number of nitrogens with zero attached hydrogens (tertiary/aromatic N) is 4. The molecule has 0 aromatic carbocycles. The van der Waals surface area contributed by atoms with Crippen LogP contribution in [0, 0.1) is 0 Å². The Kier molecular flexibility index (Phi) is 8.89. The maximum absolute atomic E-state index is 13.3. The average molecular weight is 631 g/mol. The summed E-state index contributed by atoms with van der Waals surface area (Å²) in [5.74, 6) is -3.32. The van der Waals surface area contributed by atoms with E-state index in [1.54, 1.807) is 0 Å². The topological polar surface area (TPSA) is 200 Å². The smallest absolute Gasteiger partial charge is 0.352 e. The molecule has 0 bridgehead atoms. The van der Waals surface area contributed by atoms with Gasteiger partial charge in [0.1, 0.15) is 28.9 Å². The lowest BCUT2D eigenvalue weighted by Gasteiger charge is -2.49. The van der Waals surface area contributed by atoms with Crippen molar-refractivity contribution in [2.75, 3.05) is 16.8 Å². The molecule has 5 rings (SSSR count). The number of hydrogen-bond acceptors (Lipinski definition) is 12. The summed E-state index contributed by atoms with van der Waals surface area (Å²) in [6, 6.07) is 1.72. The van der Waals surface area contributed by atoms with Crippen molar-refractivity contribution >= 4 is 75.9 Å². The lowest BCUT2D eigenvalue weighted by atomic mass is 10.0. The minimum Gasteiger partial charge on any atom is -0.478 e. The molecule has 1 aliphatic carbocycles. The number of hydrogen-bond donors (Lipinski definition) is 4. The van der Waals surface area contributed by atoms with Gasteiger partial charge in [-0.25, -0.2) is 19.6 Å². The van der Waals surface area contributed by atoms with Crippen molar-refractivity contribution in [1.82, 2.24) is 20.2 Å². The molecule has 2 aromatic heterocycles. The number of oxime groups is 1. The van der Waals surface area contributed by atoms with Crippen LogP contribution in [-0.2, 0) is 24.0 Å². The highest BCUT2D eigenvalue weighted by Gasteiger charge is 2.54. The van der Waals surface area contributed by atoms with Crippen LogP contribution < -0.4 is 10.6 Å². The molecule has 1 saturated heterocycles. The number of rotatable bonds is 12. The molecule has 0 spiro atoms. The SMILES string of the molecule is O=CNc1nc(/C(=N/OC2C=CCC2)C(=O)NC2C(=O)N3C(C(=O)O)=C(CSc4cc(C(=O)O)ccn4)CS[C@H]23)cs1. The maximum Gasteiger partial charge on any atom is 0.352 e. The number of carboxylic acid groups (broad SMARTS) is 2. The number of allylic oxidation sites excluding steroid dienone is 1. The molecule has 2 aliphatic heterocycles. The fraction of sp³-hybridized carbons (Fsp3) is 0.280. The van der Waals surface area contributed by atoms with Crippen LogP contribution in [0.5, 0.6) is 0 Å². The van der Waals surface area contributed by atoms with Gasteiger partial charge in [0.2, 0.25) is 6.41 Å². The Labute approximate surface area is 250 Å². The predicted molar refractivity (Wildman–Crippen MR) is 153 cm³/mol. The van der Waals surface area contributed by atoms with Crippen LogP contribution in [0.15, 0.2) is 57.3 Å². The maximum atomic E-state index is 13.3. The molecule has 4 N–H and O–H groups in total. The number of thioether (sulfide) groups is 2. The van der Waals surface area contributed by atoms with Crippen LogP contribution in [0.3, 0.4) is 0 Å². The summed E-state index contributed by atoms with van der Waals surface area (Å²) in [7, 11) is 0. The van der Waals surface area contributed by atoms with E-state index in [1.807, 2.05) is 12.2 Å². The van der Waals surface area contributed by atoms with Gasteiger partial charge in [-0.1, -0.05) is 11.2 Å². The number of amides is 3. The molecule has 4 heterocycles. The van der Waals surface area contributed by atoms with Gasteiger partial charge < -0.3 is 25.7 Å². The largest absolute Gasteiger partial charge is 0.478 e. The van der Waals surface area contributed by atoms with Gasteiger partial charge in [0.05, 0.1) is 10.6 Å². The second-order valence-corrected chi connectivity index (χ2v) is 11.9. The highest BCUT2D eigenvalue weighted by atomic mass is 32.2. The van der Waals surface area contributed by atoms with Crippen molar-refractivity contribution in [3.8, 4) is 0 Å². The van der Waals surface area contributed by atoms with Crippen LogP contribution in [0.2, 0.25) is 0 Å². The van der Waals surface area contributed by atoms with Gasteiger partial charge in [0.25, 0.3) is 11.8 Å². The van der Waals surface area contributed by atoms with Crippen LogP contribution in [0.1, 0.15) is 28.9 Å². The minimum absolute atomic E-state index is 0.0522. The first-order valence-electron chi connectivity index (χ1n) is 12.4. The molecule has 3 amide bonds. The molecular formula is C25H22N6O8S3. The summed E-state index contributed by atoms with van der Waals surface area (Å²) in [6.45, 7) is 0. The van der Waals surface area contributed by atoms with E-state index in [2.05, 4.69) is 25.8 Å². The number of carbonyl (C=O) groups is 5. The number of anilines is 1. The van der Waals surface area contributed by atoms with Gasteiger partial charge in [-0.2, -0.15) is 0 Å². The van der Waals surface area contributed by atoms with Crippen LogP contribution >= 0.6 is 34.9 Å². The molecule has 14 nitrogen and oxygen atoms in total. The number of aliphatic carboxylic acids is 1. The Bertz CT molecular complexity index is 1540. The minimum atomic E-state index is -1.29. The standard InChI is InChI=1S/C25H22N6O8S3/c32-11-27-25-28-15(10-42-25)17(30-39-14-3-1-2-4-14)20(33)29-18-21(34)31-19(24(37)38)13(9-41-22(18)31)8-40-16-7-12(23(35)36)5-6-26-16/h1,3,5-7,10-11,14,18,22H,2,4,8-9H2,(H,29,33)(H,35,36)(H,37,38)(H,27,28,32)/b30-17-/t14?,18?,22-/m1/s1. The number of fused-ring (bicyclic) bond motifs is 1. The summed E-state index contributed by atoms with van der Waals surface area (Å²) in [5.41, 5.74) is 0.281. The van der Waals surface area contributed by atoms with E-state index in [0.717, 1.165) is 34.4 Å². The van der Waals surface area contributed by atoms with Crippen molar-refractivity contribution in [2.45, 2.75) is 35.4 Å². The van der Waals surface area contributed by atoms with Crippen molar-refractivity contribution in [1.29, 1.82) is 0 Å². The molecule has 0 radical (unpaired) electrons. The van der Waals surface area contributed by atoms with Gasteiger partial charge in [0, 0.05) is 23.1 Å². The first kappa shape index (κ1) is 29.3. The van der Waals surface area contributed by atoms with E-state index >= 15 is 0 Å². The van der Waals surface area contributed by atoms with Gasteiger partial charge in [0.15, 0.2) is 10.8 Å². The number of β-lactam (4-membered cyclic amide) rings is 1. The summed E-state index contributed by atoms with van der Waals surface area (Å²) < 4.78 is 0. The normalized spacial score (nSPS) is 21.4. The van der Waals surface area contributed by atoms with Gasteiger partial charge >= 0.3 is 11.9 Å². The number of aromatic nitrogens is 2. The zero-order valence-electron chi connectivity index (χ0n) is 21.5. The molecule has 1 fully saturated rings. The third-order valence-electron chi connectivity index (χ3n) is 6.30. The monoisotopic (exact) mass is 630 g/mol. The Morgan fingerprint density at radius 2 is 2.12 bits per heavy atom. The van der Waals surface area contributed by atoms with Crippen molar-refractivity contribution in [3.05, 3.63) is 58.4 Å². The number of pyridine rings is 1. The Hall–Kier alpha value is -4.22. The lowest BCUT2D eigenvalue weighted by Crippen LogP contribution is -2.71. The quantitative estimate of drug-likeness (QED) is 0.0663. The molecule has 218 valence electrons. The molecule has 17 heteroatoms. The van der Waals surface area contributed by atoms with Crippen molar-refractivity contribution in [3.63, 3.8) is 0 Å². The number of aromatic carboxylic acids is 1. The number of carboxylic acids is 2. The second kappa shape index (κ2) is 12.7. The number of nitrogens with one attached hydrogen (secondary N) is 2. The predicted octanol–water partition coefficient (Wildman–Crippen LogP) is 1.77. The Morgan fingerprint density at radius 3 is 2.83 bits per heavy atom. The van der Waals surface area contributed by atoms with Crippen molar-refractivity contribution < 1.29 is 39.0 Å². The van der Waals surface area contributed by atoms with Crippen LogP contribution in [0.25, 0.3) is 0 Å². The van der Waals surface area contributed by atoms with E-state index in [1.165, 1.54) is 35.5 Å². The van der Waals surface area contributed by atoms with E-state index in [-0.39, 0.29) is 45.4 Å². The molecular weight excluding hydrogens is 609 g/mol. The Morgan fingerprint density at radius 1 is 1.29 bits per heavy atom. The number of thiazole rings is 1. The first-order valence-corrected chi connectivity index (χ1v) is 15.3. The highest BCUT2D eigenvalue weighted by Crippen LogP contribution is 2.41. The summed E-state index contributed by atoms with van der Waals surface area (Å²) in [5, 5.41) is 29.7. The molecule has 3 aliphatic rings. The van der Waals surface area contributed by atoms with Gasteiger partial charge in [-0.05, 0) is 36.6 Å². The second-order valence-electron chi connectivity index (χ2n) is 8.98. The number of carbonyl (C=O) groups excluding carboxylic acids is 3. The Balaban J connectivity index is 1.31. The molecule has 3 atom stereocenters. The van der Waals surface area contributed by atoms with Gasteiger partial charge in [-0.15, -0.1) is 34.9 Å². The molecule has 42 heavy (non-hydrogen) atoms. The molecule has 2 aromatic rings. The van der Waals surface area contributed by atoms with Gasteiger partial charge in [-0.3, -0.25) is 19.3 Å². The van der Waals surface area contributed by atoms with Crippen LogP contribution in [0.4, 0.5) is 5.13 Å². The summed E-state index contributed by atoms with van der Waals surface area (Å²) in [4.78, 5) is 75.7. The van der Waals surface area contributed by atoms with E-state index in [0.29, 0.717) is 23.4 Å². The van der Waals surface area contributed by atoms with Crippen LogP contribution in [-0.4, -0.2) is 90.0 Å². The molecule has 0 saturated carbocycles. The van der Waals surface area contributed by atoms with E-state index in [9.17, 15) is 34.2 Å². The third kappa shape index (κ3) is 6.17. The summed E-state index contributed by atoms with van der Waals surface area (Å²) >= 11 is 3.52. The summed E-state index contributed by atoms with van der Waals surface area (Å²) in [6.07, 6.45) is 6.73. The fourth-order valence-corrected chi connectivity index (χ4v) is 7.34. The van der Waals surface area contributed by atoms with E-state index in [4.69, 9.17) is 4.84 Å². The highest BCUT2D eigenvalue weighted by molar-refractivity contribution is 8.01. The molecule has 2 unspecified atom stereocenters. The third-order valence-corrected chi connectivity index (χ3v) is 9.43. The van der Waals surface area contributed by atoms with E-state index < -0.39 is 35.2 Å². The average Bonchev–Trinajstić information content (AvgIpc) is 3.67. The van der Waals surface area contributed by atoms with Crippen molar-refractivity contribution in [2.24, 2.45) is 5.16 Å².